The molecule has 6 nitrogen and oxygen atoms in total. The van der Waals surface area contributed by atoms with Gasteiger partial charge in [0.25, 0.3) is 5.91 Å². The van der Waals surface area contributed by atoms with Crippen LogP contribution in [0.4, 0.5) is 0 Å². The molecule has 7 heteroatoms. The van der Waals surface area contributed by atoms with Crippen LogP contribution in [0.25, 0.3) is 0 Å². The molecule has 0 saturated carbocycles. The lowest BCUT2D eigenvalue weighted by Crippen LogP contribution is -2.23. The molecule has 2 aromatic rings. The normalized spacial score (nSPS) is 10.4. The van der Waals surface area contributed by atoms with Crippen LogP contribution in [0, 0.1) is 0 Å². The van der Waals surface area contributed by atoms with E-state index >= 15 is 0 Å². The second-order valence-electron chi connectivity index (χ2n) is 3.52. The average Bonchev–Trinajstić information content (AvgIpc) is 2.97. The third-order valence-corrected chi connectivity index (χ3v) is 2.99. The highest BCUT2D eigenvalue weighted by atomic mass is 32.1. The highest BCUT2D eigenvalue weighted by Gasteiger charge is 2.15. The first kappa shape index (κ1) is 11.7. The molecule has 90 valence electrons. The van der Waals surface area contributed by atoms with E-state index in [1.165, 1.54) is 0 Å². The zero-order valence-corrected chi connectivity index (χ0v) is 10.3. The molecule has 2 aromatic heterocycles. The number of aryl methyl sites for hydroxylation is 1. The van der Waals surface area contributed by atoms with Crippen LogP contribution in [0.2, 0.25) is 0 Å². The van der Waals surface area contributed by atoms with E-state index in [4.69, 9.17) is 0 Å². The van der Waals surface area contributed by atoms with Gasteiger partial charge in [0, 0.05) is 12.4 Å². The van der Waals surface area contributed by atoms with Gasteiger partial charge in [-0.3, -0.25) is 4.79 Å². The summed E-state index contributed by atoms with van der Waals surface area (Å²) in [7, 11) is 0. The number of nitrogens with one attached hydrogen (secondary N) is 2. The van der Waals surface area contributed by atoms with Gasteiger partial charge in [0.2, 0.25) is 0 Å². The molecular weight excluding hydrogens is 238 g/mol. The number of nitrogens with zero attached hydrogens (tertiary/aromatic N) is 3. The zero-order chi connectivity index (χ0) is 12.1. The van der Waals surface area contributed by atoms with Gasteiger partial charge in [0.15, 0.2) is 0 Å². The van der Waals surface area contributed by atoms with E-state index in [0.29, 0.717) is 11.4 Å². The quantitative estimate of drug-likeness (QED) is 0.834. The summed E-state index contributed by atoms with van der Waals surface area (Å²) >= 11 is 1.13. The molecule has 0 atom stereocenters. The highest BCUT2D eigenvalue weighted by molar-refractivity contribution is 7.08. The molecule has 2 N–H and O–H groups in total. The average molecular weight is 251 g/mol. The monoisotopic (exact) mass is 251 g/mol. The number of amides is 1. The lowest BCUT2D eigenvalue weighted by Gasteiger charge is -2.01. The standard InChI is InChI=1S/C10H13N5OS/c1-2-3-7-9(17-15-14-7)10(16)13-6-8-11-4-5-12-8/h4-5H,2-3,6H2,1H3,(H,11,12)(H,13,16). The van der Waals surface area contributed by atoms with E-state index in [9.17, 15) is 4.79 Å². The van der Waals surface area contributed by atoms with Gasteiger partial charge in [-0.05, 0) is 18.0 Å². The van der Waals surface area contributed by atoms with Crippen molar-refractivity contribution in [3.05, 3.63) is 28.8 Å². The van der Waals surface area contributed by atoms with E-state index in [2.05, 4.69) is 24.9 Å². The first-order valence-electron chi connectivity index (χ1n) is 5.39. The summed E-state index contributed by atoms with van der Waals surface area (Å²) in [5.74, 6) is 0.590. The fourth-order valence-electron chi connectivity index (χ4n) is 1.42. The molecule has 0 saturated heterocycles. The van der Waals surface area contributed by atoms with Crippen LogP contribution in [-0.2, 0) is 13.0 Å². The van der Waals surface area contributed by atoms with Crippen LogP contribution in [0.15, 0.2) is 12.4 Å². The van der Waals surface area contributed by atoms with Crippen molar-refractivity contribution in [2.45, 2.75) is 26.3 Å². The molecule has 0 aromatic carbocycles. The molecular formula is C10H13N5OS. The second kappa shape index (κ2) is 5.53. The summed E-state index contributed by atoms with van der Waals surface area (Å²) < 4.78 is 3.81. The Hall–Kier alpha value is -1.76. The molecule has 0 unspecified atom stereocenters. The molecule has 0 spiro atoms. The summed E-state index contributed by atoms with van der Waals surface area (Å²) in [6.07, 6.45) is 5.10. The van der Waals surface area contributed by atoms with Crippen LogP contribution in [-0.4, -0.2) is 25.5 Å². The van der Waals surface area contributed by atoms with Crippen molar-refractivity contribution < 1.29 is 4.79 Å². The predicted molar refractivity (Wildman–Crippen MR) is 63.7 cm³/mol. The molecule has 2 rings (SSSR count). The lowest BCUT2D eigenvalue weighted by molar-refractivity contribution is 0.0953. The number of carbonyl (C=O) groups is 1. The third-order valence-electron chi connectivity index (χ3n) is 2.22. The van der Waals surface area contributed by atoms with Crippen molar-refractivity contribution in [3.8, 4) is 0 Å². The van der Waals surface area contributed by atoms with Crippen LogP contribution < -0.4 is 5.32 Å². The molecule has 2 heterocycles. The summed E-state index contributed by atoms with van der Waals surface area (Å²) in [4.78, 5) is 19.4. The van der Waals surface area contributed by atoms with Crippen molar-refractivity contribution >= 4 is 17.4 Å². The van der Waals surface area contributed by atoms with Gasteiger partial charge < -0.3 is 10.3 Å². The largest absolute Gasteiger partial charge is 0.347 e. The molecule has 0 radical (unpaired) electrons. The summed E-state index contributed by atoms with van der Waals surface area (Å²) in [6, 6.07) is 0. The third kappa shape index (κ3) is 2.88. The number of H-pyrrole nitrogens is 1. The van der Waals surface area contributed by atoms with Gasteiger partial charge in [-0.2, -0.15) is 0 Å². The smallest absolute Gasteiger partial charge is 0.265 e. The number of hydrogen-bond donors (Lipinski definition) is 2. The van der Waals surface area contributed by atoms with Gasteiger partial charge in [-0.1, -0.05) is 17.8 Å². The van der Waals surface area contributed by atoms with Crippen molar-refractivity contribution in [1.82, 2.24) is 24.9 Å². The van der Waals surface area contributed by atoms with E-state index in [-0.39, 0.29) is 5.91 Å². The Morgan fingerprint density at radius 1 is 1.59 bits per heavy atom. The Labute approximate surface area is 103 Å². The summed E-state index contributed by atoms with van der Waals surface area (Å²) in [5, 5.41) is 6.74. The number of hydrogen-bond acceptors (Lipinski definition) is 5. The predicted octanol–water partition coefficient (Wildman–Crippen LogP) is 1.14. The maximum atomic E-state index is 11.9. The molecule has 0 aliphatic heterocycles. The Morgan fingerprint density at radius 3 is 3.18 bits per heavy atom. The molecule has 0 fully saturated rings. The van der Waals surface area contributed by atoms with Gasteiger partial charge in [0.1, 0.15) is 10.7 Å². The first-order valence-corrected chi connectivity index (χ1v) is 6.16. The van der Waals surface area contributed by atoms with Crippen LogP contribution >= 0.6 is 11.5 Å². The minimum Gasteiger partial charge on any atom is -0.347 e. The Kier molecular flexibility index (Phi) is 3.81. The van der Waals surface area contributed by atoms with Crippen LogP contribution in [0.3, 0.4) is 0 Å². The Bertz CT molecular complexity index is 479. The van der Waals surface area contributed by atoms with Gasteiger partial charge in [-0.15, -0.1) is 5.10 Å². The van der Waals surface area contributed by atoms with Crippen LogP contribution in [0.1, 0.15) is 34.5 Å². The van der Waals surface area contributed by atoms with E-state index in [1.54, 1.807) is 12.4 Å². The number of aromatic nitrogens is 4. The number of carbonyl (C=O) groups excluding carboxylic acids is 1. The van der Waals surface area contributed by atoms with Crippen molar-refractivity contribution in [2.75, 3.05) is 0 Å². The fraction of sp³-hybridized carbons (Fsp3) is 0.400. The van der Waals surface area contributed by atoms with Crippen molar-refractivity contribution in [2.24, 2.45) is 0 Å². The second-order valence-corrected chi connectivity index (χ2v) is 4.27. The molecule has 17 heavy (non-hydrogen) atoms. The van der Waals surface area contributed by atoms with E-state index in [0.717, 1.165) is 35.9 Å². The van der Waals surface area contributed by atoms with Gasteiger partial charge in [-0.25, -0.2) is 4.98 Å². The zero-order valence-electron chi connectivity index (χ0n) is 9.43. The number of aromatic amines is 1. The SMILES string of the molecule is CCCc1nnsc1C(=O)NCc1ncc[nH]1. The van der Waals surface area contributed by atoms with E-state index < -0.39 is 0 Å². The van der Waals surface area contributed by atoms with Crippen molar-refractivity contribution in [1.29, 1.82) is 0 Å². The Morgan fingerprint density at radius 2 is 2.47 bits per heavy atom. The van der Waals surface area contributed by atoms with Gasteiger partial charge in [0.05, 0.1) is 12.2 Å². The highest BCUT2D eigenvalue weighted by Crippen LogP contribution is 2.12. The molecule has 1 amide bonds. The molecule has 0 aliphatic rings. The minimum absolute atomic E-state index is 0.139. The topological polar surface area (TPSA) is 83.6 Å². The maximum absolute atomic E-state index is 11.9. The number of imidazole rings is 1. The van der Waals surface area contributed by atoms with Gasteiger partial charge >= 0.3 is 0 Å². The molecule has 0 aliphatic carbocycles. The van der Waals surface area contributed by atoms with Crippen LogP contribution in [0.5, 0.6) is 0 Å². The fourth-order valence-corrected chi connectivity index (χ4v) is 2.04. The number of rotatable bonds is 5. The Balaban J connectivity index is 1.97. The minimum atomic E-state index is -0.139. The molecule has 0 bridgehead atoms. The summed E-state index contributed by atoms with van der Waals surface area (Å²) in [5.41, 5.74) is 0.773. The first-order chi connectivity index (χ1) is 8.31. The maximum Gasteiger partial charge on any atom is 0.265 e. The van der Waals surface area contributed by atoms with Crippen molar-refractivity contribution in [3.63, 3.8) is 0 Å². The summed E-state index contributed by atoms with van der Waals surface area (Å²) in [6.45, 7) is 2.43. The lowest BCUT2D eigenvalue weighted by atomic mass is 10.2. The van der Waals surface area contributed by atoms with E-state index in [1.807, 2.05) is 6.92 Å².